The molecule has 0 aromatic rings. The number of allylic oxidation sites excluding steroid dienone is 3. The fourth-order valence-electron chi connectivity index (χ4n) is 1.08. The molecule has 1 aliphatic rings. The lowest BCUT2D eigenvalue weighted by Crippen LogP contribution is -1.98. The minimum atomic E-state index is 0.306. The van der Waals surface area contributed by atoms with E-state index < -0.39 is 0 Å². The Morgan fingerprint density at radius 2 is 1.93 bits per heavy atom. The summed E-state index contributed by atoms with van der Waals surface area (Å²) in [6.45, 7) is 14.4. The third-order valence-electron chi connectivity index (χ3n) is 1.95. The van der Waals surface area contributed by atoms with Crippen molar-refractivity contribution in [2.75, 3.05) is 6.79 Å². The largest absolute Gasteiger partial charge is 0.454 e. The first-order valence-corrected chi connectivity index (χ1v) is 5.48. The Bertz CT molecular complexity index is 260. The van der Waals surface area contributed by atoms with Gasteiger partial charge in [0.1, 0.15) is 0 Å². The summed E-state index contributed by atoms with van der Waals surface area (Å²) in [7, 11) is 0. The van der Waals surface area contributed by atoms with E-state index in [1.54, 1.807) is 0 Å². The molecule has 0 spiro atoms. The molecule has 0 bridgehead atoms. The second-order valence-electron chi connectivity index (χ2n) is 3.28. The molecule has 1 rings (SSSR count). The molecule has 0 atom stereocenters. The van der Waals surface area contributed by atoms with Crippen LogP contribution in [-0.2, 0) is 9.47 Å². The second-order valence-corrected chi connectivity index (χ2v) is 3.28. The van der Waals surface area contributed by atoms with Gasteiger partial charge in [-0.1, -0.05) is 40.3 Å². The van der Waals surface area contributed by atoms with Crippen LogP contribution in [0.5, 0.6) is 0 Å². The Kier molecular flexibility index (Phi) is 6.59. The molecule has 0 aromatic carbocycles. The topological polar surface area (TPSA) is 18.5 Å². The summed E-state index contributed by atoms with van der Waals surface area (Å²) >= 11 is 0. The van der Waals surface area contributed by atoms with Crippen molar-refractivity contribution in [1.82, 2.24) is 0 Å². The van der Waals surface area contributed by atoms with E-state index in [-0.39, 0.29) is 0 Å². The third kappa shape index (κ3) is 3.82. The van der Waals surface area contributed by atoms with Gasteiger partial charge in [0.05, 0.1) is 0 Å². The molecular weight excluding hydrogens is 188 g/mol. The van der Waals surface area contributed by atoms with Crippen molar-refractivity contribution in [1.29, 1.82) is 0 Å². The zero-order valence-corrected chi connectivity index (χ0v) is 10.5. The Hall–Kier alpha value is -1.18. The van der Waals surface area contributed by atoms with Crippen molar-refractivity contribution in [2.45, 2.75) is 34.6 Å². The van der Waals surface area contributed by atoms with Gasteiger partial charge in [0, 0.05) is 0 Å². The van der Waals surface area contributed by atoms with E-state index >= 15 is 0 Å². The summed E-state index contributed by atoms with van der Waals surface area (Å²) in [5.74, 6) is 1.98. The van der Waals surface area contributed by atoms with Crippen LogP contribution < -0.4 is 0 Å². The first-order chi connectivity index (χ1) is 7.16. The van der Waals surface area contributed by atoms with Gasteiger partial charge in [0.2, 0.25) is 6.79 Å². The van der Waals surface area contributed by atoms with Gasteiger partial charge in [-0.25, -0.2) is 0 Å². The van der Waals surface area contributed by atoms with Gasteiger partial charge >= 0.3 is 0 Å². The number of hydrogen-bond acceptors (Lipinski definition) is 2. The van der Waals surface area contributed by atoms with Crippen molar-refractivity contribution in [3.8, 4) is 0 Å². The molecule has 2 heteroatoms. The van der Waals surface area contributed by atoms with Crippen molar-refractivity contribution >= 4 is 0 Å². The average Bonchev–Trinajstić information content (AvgIpc) is 2.68. The van der Waals surface area contributed by atoms with Crippen LogP contribution in [0.1, 0.15) is 34.6 Å². The van der Waals surface area contributed by atoms with Crippen LogP contribution >= 0.6 is 0 Å². The summed E-state index contributed by atoms with van der Waals surface area (Å²) in [5.41, 5.74) is 0.991. The Labute approximate surface area is 93.3 Å². The molecule has 2 nitrogen and oxygen atoms in total. The van der Waals surface area contributed by atoms with Crippen LogP contribution in [-0.4, -0.2) is 6.79 Å². The van der Waals surface area contributed by atoms with Crippen LogP contribution in [0.4, 0.5) is 0 Å². The molecule has 0 aliphatic carbocycles. The van der Waals surface area contributed by atoms with Crippen molar-refractivity contribution in [3.63, 3.8) is 0 Å². The smallest absolute Gasteiger partial charge is 0.231 e. The summed E-state index contributed by atoms with van der Waals surface area (Å²) in [4.78, 5) is 0. The van der Waals surface area contributed by atoms with Gasteiger partial charge in [-0.3, -0.25) is 0 Å². The van der Waals surface area contributed by atoms with Crippen LogP contribution in [0.3, 0.4) is 0 Å². The fourth-order valence-corrected chi connectivity index (χ4v) is 1.08. The summed E-state index contributed by atoms with van der Waals surface area (Å²) < 4.78 is 10.6. The monoisotopic (exact) mass is 210 g/mol. The molecule has 0 unspecified atom stereocenters. The lowest BCUT2D eigenvalue weighted by atomic mass is 10.0. The minimum absolute atomic E-state index is 0.306. The molecule has 1 aliphatic heterocycles. The van der Waals surface area contributed by atoms with Gasteiger partial charge in [0.15, 0.2) is 11.5 Å². The lowest BCUT2D eigenvalue weighted by molar-refractivity contribution is 0.0759. The molecule has 1 heterocycles. The Morgan fingerprint density at radius 1 is 1.33 bits per heavy atom. The van der Waals surface area contributed by atoms with E-state index in [1.807, 2.05) is 32.9 Å². The van der Waals surface area contributed by atoms with Crippen LogP contribution in [0, 0.1) is 5.92 Å². The zero-order valence-electron chi connectivity index (χ0n) is 10.5. The molecule has 0 saturated carbocycles. The Morgan fingerprint density at radius 3 is 2.40 bits per heavy atom. The zero-order chi connectivity index (χ0) is 11.8. The quantitative estimate of drug-likeness (QED) is 0.700. The maximum absolute atomic E-state index is 5.35. The first kappa shape index (κ1) is 13.8. The van der Waals surface area contributed by atoms with Crippen molar-refractivity contribution in [3.05, 3.63) is 35.8 Å². The van der Waals surface area contributed by atoms with Gasteiger partial charge < -0.3 is 9.47 Å². The summed E-state index contributed by atoms with van der Waals surface area (Å²) in [5, 5.41) is 0. The molecule has 15 heavy (non-hydrogen) atoms. The molecule has 0 aromatic heterocycles. The summed E-state index contributed by atoms with van der Waals surface area (Å²) in [6.07, 6.45) is 3.83. The maximum Gasteiger partial charge on any atom is 0.231 e. The third-order valence-corrected chi connectivity index (χ3v) is 1.95. The lowest BCUT2D eigenvalue weighted by Gasteiger charge is -2.08. The van der Waals surface area contributed by atoms with Gasteiger partial charge in [0.25, 0.3) is 0 Å². The molecule has 0 saturated heterocycles. The standard InChI is InChI=1S/C11H16O2.C2H6/c1-5-6-10-11(13-7-12-10)9(4)8(2)3;1-2/h5-6,8H,4,7H2,1-3H3;1-2H3/b6-5-;. The number of ether oxygens (including phenoxy) is 2. The molecule has 86 valence electrons. The number of hydrogen-bond donors (Lipinski definition) is 0. The highest BCUT2D eigenvalue weighted by atomic mass is 16.7. The Balaban J connectivity index is 0.000000921. The normalized spacial score (nSPS) is 14.8. The molecule has 0 N–H and O–H groups in total. The highest BCUT2D eigenvalue weighted by Gasteiger charge is 2.19. The predicted octanol–water partition coefficient (Wildman–Crippen LogP) is 4.02. The molecule has 0 fully saturated rings. The van der Waals surface area contributed by atoms with Gasteiger partial charge in [-0.2, -0.15) is 0 Å². The van der Waals surface area contributed by atoms with Gasteiger partial charge in [-0.05, 0) is 24.5 Å². The predicted molar refractivity (Wildman–Crippen MR) is 64.2 cm³/mol. The van der Waals surface area contributed by atoms with E-state index in [1.165, 1.54) is 0 Å². The van der Waals surface area contributed by atoms with E-state index in [9.17, 15) is 0 Å². The van der Waals surface area contributed by atoms with E-state index in [0.717, 1.165) is 17.1 Å². The average molecular weight is 210 g/mol. The maximum atomic E-state index is 5.35. The van der Waals surface area contributed by atoms with Crippen LogP contribution in [0.15, 0.2) is 35.8 Å². The van der Waals surface area contributed by atoms with E-state index in [0.29, 0.717) is 12.7 Å². The van der Waals surface area contributed by atoms with Crippen molar-refractivity contribution in [2.24, 2.45) is 5.92 Å². The van der Waals surface area contributed by atoms with Crippen LogP contribution in [0.25, 0.3) is 0 Å². The van der Waals surface area contributed by atoms with E-state index in [4.69, 9.17) is 9.47 Å². The SMILES string of the molecule is C=C(C1=C(/C=C\C)OCO1)C(C)C.CC. The highest BCUT2D eigenvalue weighted by Crippen LogP contribution is 2.27. The second kappa shape index (κ2) is 7.16. The fraction of sp³-hybridized carbons (Fsp3) is 0.538. The summed E-state index contributed by atoms with van der Waals surface area (Å²) in [6, 6.07) is 0. The highest BCUT2D eigenvalue weighted by molar-refractivity contribution is 5.33. The minimum Gasteiger partial charge on any atom is -0.454 e. The van der Waals surface area contributed by atoms with Crippen molar-refractivity contribution < 1.29 is 9.47 Å². The molecule has 0 amide bonds. The van der Waals surface area contributed by atoms with Crippen LogP contribution in [0.2, 0.25) is 0 Å². The number of rotatable bonds is 3. The van der Waals surface area contributed by atoms with Gasteiger partial charge in [-0.15, -0.1) is 0 Å². The van der Waals surface area contributed by atoms with E-state index in [2.05, 4.69) is 20.4 Å². The molecular formula is C13H22O2. The molecule has 0 radical (unpaired) electrons. The first-order valence-electron chi connectivity index (χ1n) is 5.48.